The van der Waals surface area contributed by atoms with Gasteiger partial charge in [0.2, 0.25) is 5.91 Å². The summed E-state index contributed by atoms with van der Waals surface area (Å²) in [7, 11) is 0. The number of benzene rings is 2. The van der Waals surface area contributed by atoms with Crippen molar-refractivity contribution < 1.29 is 37.4 Å². The Hall–Kier alpha value is -3.56. The van der Waals surface area contributed by atoms with Crippen molar-refractivity contribution in [2.24, 2.45) is 0 Å². The van der Waals surface area contributed by atoms with Crippen LogP contribution in [-0.2, 0) is 14.3 Å². The van der Waals surface area contributed by atoms with Gasteiger partial charge < -0.3 is 20.5 Å². The van der Waals surface area contributed by atoms with Crippen LogP contribution in [0, 0.1) is 0 Å². The number of ether oxygens (including phenoxy) is 1. The molecule has 33 heavy (non-hydrogen) atoms. The average molecular weight is 464 g/mol. The van der Waals surface area contributed by atoms with E-state index in [9.17, 15) is 27.6 Å². The van der Waals surface area contributed by atoms with E-state index in [0.717, 1.165) is 22.3 Å². The number of halogens is 3. The Kier molecular flexibility index (Phi) is 7.57. The molecular formula is C23H23F3N2O5. The Morgan fingerprint density at radius 1 is 1.00 bits per heavy atom. The molecule has 0 aromatic heterocycles. The van der Waals surface area contributed by atoms with E-state index in [4.69, 9.17) is 9.84 Å². The maximum absolute atomic E-state index is 12.3. The van der Waals surface area contributed by atoms with Gasteiger partial charge in [0.05, 0.1) is 6.42 Å². The van der Waals surface area contributed by atoms with Crippen LogP contribution in [0.4, 0.5) is 18.0 Å². The minimum atomic E-state index is -4.36. The molecule has 0 radical (unpaired) electrons. The maximum atomic E-state index is 12.3. The standard InChI is InChI=1S/C23H23F3N2O5/c24-23(25,26)10-5-11-27-21(31)19(12-20(29)30)28-22(32)33-13-18-16-8-3-1-6-14(16)15-7-2-4-9-17(15)18/h1-4,6-9,18-19H,5,10-13H2,(H,27,31)(H,28,32)(H,29,30). The van der Waals surface area contributed by atoms with Gasteiger partial charge in [0, 0.05) is 18.9 Å². The number of alkyl halides is 3. The zero-order valence-corrected chi connectivity index (χ0v) is 17.5. The van der Waals surface area contributed by atoms with Gasteiger partial charge in [-0.25, -0.2) is 4.79 Å². The van der Waals surface area contributed by atoms with Gasteiger partial charge in [-0.15, -0.1) is 0 Å². The molecule has 0 fully saturated rings. The number of hydrogen-bond acceptors (Lipinski definition) is 4. The van der Waals surface area contributed by atoms with Crippen LogP contribution >= 0.6 is 0 Å². The van der Waals surface area contributed by atoms with Crippen LogP contribution in [0.15, 0.2) is 48.5 Å². The number of hydrogen-bond donors (Lipinski definition) is 3. The number of aliphatic carboxylic acids is 1. The SMILES string of the molecule is O=C(O)CC(NC(=O)OCC1c2ccccc2-c2ccccc21)C(=O)NCCCC(F)(F)F. The Balaban J connectivity index is 1.58. The van der Waals surface area contributed by atoms with Crippen LogP contribution in [0.2, 0.25) is 0 Å². The van der Waals surface area contributed by atoms with Crippen LogP contribution in [0.5, 0.6) is 0 Å². The van der Waals surface area contributed by atoms with E-state index in [1.54, 1.807) is 0 Å². The van der Waals surface area contributed by atoms with Gasteiger partial charge in [-0.05, 0) is 28.7 Å². The lowest BCUT2D eigenvalue weighted by Crippen LogP contribution is -2.48. The minimum Gasteiger partial charge on any atom is -0.481 e. The highest BCUT2D eigenvalue weighted by Crippen LogP contribution is 2.44. The third kappa shape index (κ3) is 6.47. The first-order valence-corrected chi connectivity index (χ1v) is 10.3. The van der Waals surface area contributed by atoms with Gasteiger partial charge in [-0.2, -0.15) is 13.2 Å². The first kappa shape index (κ1) is 24.1. The lowest BCUT2D eigenvalue weighted by Gasteiger charge is -2.19. The molecule has 7 nitrogen and oxygen atoms in total. The smallest absolute Gasteiger partial charge is 0.407 e. The molecule has 0 aliphatic heterocycles. The van der Waals surface area contributed by atoms with Crippen LogP contribution < -0.4 is 10.6 Å². The molecule has 10 heteroatoms. The lowest BCUT2D eigenvalue weighted by atomic mass is 9.98. The Morgan fingerprint density at radius 3 is 2.12 bits per heavy atom. The van der Waals surface area contributed by atoms with Gasteiger partial charge in [-0.1, -0.05) is 48.5 Å². The quantitative estimate of drug-likeness (QED) is 0.490. The summed E-state index contributed by atoms with van der Waals surface area (Å²) < 4.78 is 42.0. The summed E-state index contributed by atoms with van der Waals surface area (Å²) >= 11 is 0. The number of carbonyl (C=O) groups excluding carboxylic acids is 2. The van der Waals surface area contributed by atoms with Gasteiger partial charge in [-0.3, -0.25) is 9.59 Å². The molecule has 3 rings (SSSR count). The van der Waals surface area contributed by atoms with Gasteiger partial charge >= 0.3 is 18.2 Å². The van der Waals surface area contributed by atoms with Crippen molar-refractivity contribution in [1.82, 2.24) is 10.6 Å². The zero-order chi connectivity index (χ0) is 24.0. The number of fused-ring (bicyclic) bond motifs is 3. The third-order valence-corrected chi connectivity index (χ3v) is 5.27. The summed E-state index contributed by atoms with van der Waals surface area (Å²) in [5.74, 6) is -2.48. The van der Waals surface area contributed by atoms with Crippen LogP contribution in [0.3, 0.4) is 0 Å². The molecule has 1 unspecified atom stereocenters. The van der Waals surface area contributed by atoms with E-state index in [-0.39, 0.29) is 25.5 Å². The largest absolute Gasteiger partial charge is 0.481 e. The maximum Gasteiger partial charge on any atom is 0.407 e. The van der Waals surface area contributed by atoms with Crippen molar-refractivity contribution >= 4 is 18.0 Å². The monoisotopic (exact) mass is 464 g/mol. The zero-order valence-electron chi connectivity index (χ0n) is 17.5. The minimum absolute atomic E-state index is 0.0349. The van der Waals surface area contributed by atoms with Gasteiger partial charge in [0.25, 0.3) is 0 Å². The summed E-state index contributed by atoms with van der Waals surface area (Å²) in [6.45, 7) is -0.340. The highest BCUT2D eigenvalue weighted by molar-refractivity contribution is 5.89. The first-order valence-electron chi connectivity index (χ1n) is 10.3. The Labute approximate surface area is 187 Å². The van der Waals surface area contributed by atoms with E-state index < -0.39 is 43.0 Å². The molecule has 0 saturated heterocycles. The molecule has 0 bridgehead atoms. The summed E-state index contributed by atoms with van der Waals surface area (Å²) in [5.41, 5.74) is 4.03. The number of nitrogens with one attached hydrogen (secondary N) is 2. The normalized spacial score (nSPS) is 13.5. The van der Waals surface area contributed by atoms with Crippen molar-refractivity contribution in [1.29, 1.82) is 0 Å². The van der Waals surface area contributed by atoms with E-state index >= 15 is 0 Å². The van der Waals surface area contributed by atoms with Crippen molar-refractivity contribution in [3.63, 3.8) is 0 Å². The molecule has 176 valence electrons. The number of carboxylic acids is 1. The van der Waals surface area contributed by atoms with Crippen molar-refractivity contribution in [3.8, 4) is 11.1 Å². The molecule has 0 spiro atoms. The van der Waals surface area contributed by atoms with E-state index in [1.165, 1.54) is 0 Å². The predicted octanol–water partition coefficient (Wildman–Crippen LogP) is 3.83. The Bertz CT molecular complexity index is 980. The van der Waals surface area contributed by atoms with Crippen LogP contribution in [0.25, 0.3) is 11.1 Å². The topological polar surface area (TPSA) is 105 Å². The molecule has 1 aliphatic rings. The highest BCUT2D eigenvalue weighted by atomic mass is 19.4. The molecule has 2 amide bonds. The van der Waals surface area contributed by atoms with Crippen molar-refractivity contribution in [2.45, 2.75) is 37.4 Å². The van der Waals surface area contributed by atoms with E-state index in [0.29, 0.717) is 0 Å². The van der Waals surface area contributed by atoms with Crippen LogP contribution in [0.1, 0.15) is 36.3 Å². The molecule has 2 aromatic rings. The molecule has 3 N–H and O–H groups in total. The predicted molar refractivity (Wildman–Crippen MR) is 113 cm³/mol. The molecule has 1 atom stereocenters. The highest BCUT2D eigenvalue weighted by Gasteiger charge is 2.30. The second-order valence-corrected chi connectivity index (χ2v) is 7.63. The summed E-state index contributed by atoms with van der Waals surface area (Å²) in [4.78, 5) is 35.6. The lowest BCUT2D eigenvalue weighted by molar-refractivity contribution is -0.140. The van der Waals surface area contributed by atoms with Crippen molar-refractivity contribution in [2.75, 3.05) is 13.2 Å². The second-order valence-electron chi connectivity index (χ2n) is 7.63. The van der Waals surface area contributed by atoms with Gasteiger partial charge in [0.15, 0.2) is 0 Å². The first-order chi connectivity index (χ1) is 15.7. The third-order valence-electron chi connectivity index (χ3n) is 5.27. The summed E-state index contributed by atoms with van der Waals surface area (Å²) in [5, 5.41) is 13.4. The number of carbonyl (C=O) groups is 3. The fourth-order valence-electron chi connectivity index (χ4n) is 3.79. The molecule has 2 aromatic carbocycles. The van der Waals surface area contributed by atoms with Gasteiger partial charge in [0.1, 0.15) is 12.6 Å². The fourth-order valence-corrected chi connectivity index (χ4v) is 3.79. The second kappa shape index (κ2) is 10.4. The number of carboxylic acid groups (broad SMARTS) is 1. The van der Waals surface area contributed by atoms with E-state index in [1.807, 2.05) is 48.5 Å². The fraction of sp³-hybridized carbons (Fsp3) is 0.348. The average Bonchev–Trinajstić information content (AvgIpc) is 3.07. The molecule has 0 heterocycles. The van der Waals surface area contributed by atoms with Crippen molar-refractivity contribution in [3.05, 3.63) is 59.7 Å². The van der Waals surface area contributed by atoms with E-state index in [2.05, 4.69) is 10.6 Å². The van der Waals surface area contributed by atoms with Crippen LogP contribution in [-0.4, -0.2) is 48.4 Å². The molecule has 1 aliphatic carbocycles. The number of amides is 2. The molecule has 0 saturated carbocycles. The number of rotatable bonds is 9. The Morgan fingerprint density at radius 2 is 1.58 bits per heavy atom. The number of alkyl carbamates (subject to hydrolysis) is 1. The summed E-state index contributed by atoms with van der Waals surface area (Å²) in [6.07, 6.45) is -7.54. The summed E-state index contributed by atoms with van der Waals surface area (Å²) in [6, 6.07) is 13.9. The molecular weight excluding hydrogens is 441 g/mol.